The summed E-state index contributed by atoms with van der Waals surface area (Å²) < 4.78 is 0. The monoisotopic (exact) mass is 466 g/mol. The summed E-state index contributed by atoms with van der Waals surface area (Å²) in [6.45, 7) is 12.4. The largest absolute Gasteiger partial charge is 0.510 e. The number of Topliss-reactive ketones (excluding diaryl/α,β-unsaturated/α-hetero) is 3. The number of aliphatic hydroxyl groups is 2. The highest BCUT2D eigenvalue weighted by Crippen LogP contribution is 2.68. The van der Waals surface area contributed by atoms with Crippen molar-refractivity contribution in [2.45, 2.75) is 67.7 Å². The fourth-order valence-corrected chi connectivity index (χ4v) is 7.38. The fraction of sp³-hybridized carbons (Fsp3) is 0.536. The van der Waals surface area contributed by atoms with E-state index < -0.39 is 45.3 Å². The van der Waals surface area contributed by atoms with Crippen LogP contribution in [-0.2, 0) is 27.2 Å². The van der Waals surface area contributed by atoms with Crippen LogP contribution in [0.5, 0.6) is 5.75 Å². The molecule has 1 saturated carbocycles. The first-order chi connectivity index (χ1) is 15.7. The summed E-state index contributed by atoms with van der Waals surface area (Å²) in [6, 6.07) is 3.36. The molecule has 6 nitrogen and oxygen atoms in total. The summed E-state index contributed by atoms with van der Waals surface area (Å²) in [7, 11) is 0. The molecule has 0 saturated heterocycles. The Morgan fingerprint density at radius 2 is 1.74 bits per heavy atom. The summed E-state index contributed by atoms with van der Waals surface area (Å²) in [5.74, 6) is -3.22. The van der Waals surface area contributed by atoms with Gasteiger partial charge in [-0.15, -0.1) is 0 Å². The van der Waals surface area contributed by atoms with Gasteiger partial charge in [0.05, 0.1) is 16.6 Å². The van der Waals surface area contributed by atoms with E-state index in [1.807, 2.05) is 40.7 Å². The van der Waals surface area contributed by atoms with Crippen molar-refractivity contribution in [2.24, 2.45) is 28.1 Å². The summed E-state index contributed by atoms with van der Waals surface area (Å²) in [4.78, 5) is 40.4. The predicted molar refractivity (Wildman–Crippen MR) is 128 cm³/mol. The zero-order valence-corrected chi connectivity index (χ0v) is 21.0. The second kappa shape index (κ2) is 7.30. The van der Waals surface area contributed by atoms with Crippen LogP contribution >= 0.6 is 0 Å². The number of allylic oxidation sites excluding steroid dienone is 3. The zero-order chi connectivity index (χ0) is 25.5. The molecule has 182 valence electrons. The quantitative estimate of drug-likeness (QED) is 0.539. The molecule has 4 rings (SSSR count). The first-order valence-corrected chi connectivity index (χ1v) is 12.0. The molecule has 3 N–H and O–H groups in total. The minimum Gasteiger partial charge on any atom is -0.510 e. The van der Waals surface area contributed by atoms with Gasteiger partial charge in [-0.05, 0) is 61.6 Å². The number of hydrogen-bond acceptors (Lipinski definition) is 6. The van der Waals surface area contributed by atoms with Crippen LogP contribution < -0.4 is 0 Å². The van der Waals surface area contributed by atoms with Crippen LogP contribution in [0.15, 0.2) is 29.0 Å². The van der Waals surface area contributed by atoms with Gasteiger partial charge in [-0.2, -0.15) is 0 Å². The molecule has 1 aromatic carbocycles. The molecule has 1 unspecified atom stereocenters. The molecule has 0 spiro atoms. The third-order valence-electron chi connectivity index (χ3n) is 8.94. The molecular weight excluding hydrogens is 432 g/mol. The van der Waals surface area contributed by atoms with Crippen molar-refractivity contribution < 1.29 is 29.7 Å². The lowest BCUT2D eigenvalue weighted by molar-refractivity contribution is -0.155. The number of phenols is 1. The number of aliphatic hydroxyl groups excluding tert-OH is 2. The van der Waals surface area contributed by atoms with E-state index in [1.165, 1.54) is 13.0 Å². The molecule has 0 amide bonds. The minimum absolute atomic E-state index is 0.103. The zero-order valence-electron chi connectivity index (χ0n) is 21.0. The summed E-state index contributed by atoms with van der Waals surface area (Å²) >= 11 is 0. The van der Waals surface area contributed by atoms with Crippen LogP contribution in [0.4, 0.5) is 0 Å². The molecule has 1 aromatic rings. The summed E-state index contributed by atoms with van der Waals surface area (Å²) in [6.07, 6.45) is 1.46. The van der Waals surface area contributed by atoms with Crippen LogP contribution in [0.3, 0.4) is 0 Å². The number of aryl methyl sites for hydroxylation is 1. The average molecular weight is 467 g/mol. The van der Waals surface area contributed by atoms with Gasteiger partial charge in [0, 0.05) is 16.9 Å². The molecule has 6 heteroatoms. The van der Waals surface area contributed by atoms with Crippen molar-refractivity contribution in [3.05, 3.63) is 45.7 Å². The van der Waals surface area contributed by atoms with E-state index in [4.69, 9.17) is 0 Å². The third kappa shape index (κ3) is 2.71. The van der Waals surface area contributed by atoms with Crippen molar-refractivity contribution in [1.82, 2.24) is 0 Å². The van der Waals surface area contributed by atoms with Crippen molar-refractivity contribution >= 4 is 23.1 Å². The van der Waals surface area contributed by atoms with E-state index in [9.17, 15) is 29.7 Å². The first kappa shape index (κ1) is 24.2. The van der Waals surface area contributed by atoms with Crippen LogP contribution in [0.25, 0.3) is 5.76 Å². The number of carbonyl (C=O) groups excluding carboxylic acids is 3. The number of hydrogen-bond donors (Lipinski definition) is 3. The Labute approximate surface area is 200 Å². The third-order valence-corrected chi connectivity index (χ3v) is 8.94. The molecule has 0 radical (unpaired) electrons. The summed E-state index contributed by atoms with van der Waals surface area (Å²) in [5, 5.41) is 33.4. The Balaban J connectivity index is 2.10. The van der Waals surface area contributed by atoms with E-state index in [1.54, 1.807) is 6.92 Å². The Morgan fingerprint density at radius 1 is 1.12 bits per heavy atom. The molecule has 34 heavy (non-hydrogen) atoms. The molecule has 1 fully saturated rings. The van der Waals surface area contributed by atoms with Gasteiger partial charge in [-0.25, -0.2) is 0 Å². The first-order valence-electron chi connectivity index (χ1n) is 12.0. The standard InChI is InChI=1S/C28H34O6/c1-8-15-9-10-17(30)19-16(15)11-26(5)12-27(6)20(13(2)3)22(31)18(14(4)29)24(33)28(27,7)25(34)21(26)23(19)32/h9-10,13,20,30,32-33H,8,11-12H2,1-7H3/t20?,26-,27-,28-/m1/s1. The van der Waals surface area contributed by atoms with Gasteiger partial charge in [-0.1, -0.05) is 40.7 Å². The minimum atomic E-state index is -1.57. The number of carbonyl (C=O) groups is 3. The molecule has 4 atom stereocenters. The number of rotatable bonds is 3. The number of aromatic hydroxyl groups is 1. The topological polar surface area (TPSA) is 112 Å². The second-order valence-electron chi connectivity index (χ2n) is 11.3. The van der Waals surface area contributed by atoms with E-state index in [-0.39, 0.29) is 34.1 Å². The van der Waals surface area contributed by atoms with Crippen molar-refractivity contribution in [1.29, 1.82) is 0 Å². The highest BCUT2D eigenvalue weighted by atomic mass is 16.3. The summed E-state index contributed by atoms with van der Waals surface area (Å²) in [5.41, 5.74) is -1.51. The molecule has 3 aliphatic carbocycles. The Kier molecular flexibility index (Phi) is 5.21. The number of phenolic OH excluding ortho intramolecular Hbond substituents is 1. The molecule has 0 aromatic heterocycles. The lowest BCUT2D eigenvalue weighted by atomic mass is 9.40. The maximum absolute atomic E-state index is 14.3. The van der Waals surface area contributed by atoms with Crippen LogP contribution in [0.2, 0.25) is 0 Å². The van der Waals surface area contributed by atoms with Crippen molar-refractivity contribution in [2.75, 3.05) is 0 Å². The molecule has 0 aliphatic heterocycles. The van der Waals surface area contributed by atoms with Gasteiger partial charge < -0.3 is 15.3 Å². The van der Waals surface area contributed by atoms with Gasteiger partial charge >= 0.3 is 0 Å². The van der Waals surface area contributed by atoms with Gasteiger partial charge in [0.15, 0.2) is 17.3 Å². The van der Waals surface area contributed by atoms with E-state index in [2.05, 4.69) is 0 Å². The maximum atomic E-state index is 14.3. The molecular formula is C28H34O6. The average Bonchev–Trinajstić information content (AvgIpc) is 2.70. The Bertz CT molecular complexity index is 1220. The van der Waals surface area contributed by atoms with Crippen LogP contribution in [0.1, 0.15) is 71.6 Å². The maximum Gasteiger partial charge on any atom is 0.177 e. The predicted octanol–water partition coefficient (Wildman–Crippen LogP) is 5.03. The van der Waals surface area contributed by atoms with Crippen LogP contribution in [0, 0.1) is 28.1 Å². The fourth-order valence-electron chi connectivity index (χ4n) is 7.38. The highest BCUT2D eigenvalue weighted by molar-refractivity contribution is 6.23. The van der Waals surface area contributed by atoms with E-state index in [0.717, 1.165) is 11.1 Å². The molecule has 0 heterocycles. The second-order valence-corrected chi connectivity index (χ2v) is 11.3. The highest BCUT2D eigenvalue weighted by Gasteiger charge is 2.70. The number of ketones is 3. The van der Waals surface area contributed by atoms with Gasteiger partial charge in [-0.3, -0.25) is 14.4 Å². The Morgan fingerprint density at radius 3 is 2.26 bits per heavy atom. The van der Waals surface area contributed by atoms with Gasteiger partial charge in [0.2, 0.25) is 0 Å². The Hall–Kier alpha value is -2.89. The molecule has 0 bridgehead atoms. The van der Waals surface area contributed by atoms with Crippen molar-refractivity contribution in [3.63, 3.8) is 0 Å². The SMILES string of the molecule is CCc1ccc(O)c2c1C[C@]1(C)C[C@]3(C)C(C(C)C)C(=O)C(C(C)=O)=C(O)[C@]3(C)C(=O)C1=C2O. The smallest absolute Gasteiger partial charge is 0.177 e. The normalized spacial score (nSPS) is 33.1. The van der Waals surface area contributed by atoms with E-state index in [0.29, 0.717) is 19.3 Å². The molecule has 3 aliphatic rings. The lowest BCUT2D eigenvalue weighted by Gasteiger charge is -2.61. The van der Waals surface area contributed by atoms with E-state index >= 15 is 0 Å². The number of benzene rings is 1. The lowest BCUT2D eigenvalue weighted by Crippen LogP contribution is -2.64. The van der Waals surface area contributed by atoms with Crippen molar-refractivity contribution in [3.8, 4) is 5.75 Å². The number of fused-ring (bicyclic) bond motifs is 3. The van der Waals surface area contributed by atoms with Crippen LogP contribution in [-0.4, -0.2) is 32.7 Å². The van der Waals surface area contributed by atoms with Gasteiger partial charge in [0.1, 0.15) is 17.3 Å². The van der Waals surface area contributed by atoms with Gasteiger partial charge in [0.25, 0.3) is 0 Å².